The second kappa shape index (κ2) is 8.76. The van der Waals surface area contributed by atoms with Gasteiger partial charge in [0.15, 0.2) is 5.78 Å². The van der Waals surface area contributed by atoms with Crippen molar-refractivity contribution in [2.75, 3.05) is 20.3 Å². The van der Waals surface area contributed by atoms with E-state index in [0.717, 1.165) is 16.7 Å². The summed E-state index contributed by atoms with van der Waals surface area (Å²) in [7, 11) is 1.34. The Bertz CT molecular complexity index is 627. The molecule has 0 unspecified atom stereocenters. The van der Waals surface area contributed by atoms with Crippen LogP contribution in [0.4, 0.5) is 0 Å². The van der Waals surface area contributed by atoms with Gasteiger partial charge < -0.3 is 15.2 Å². The highest BCUT2D eigenvalue weighted by Gasteiger charge is 2.14. The minimum Gasteiger partial charge on any atom is -0.465 e. The molecule has 24 heavy (non-hydrogen) atoms. The Morgan fingerprint density at radius 3 is 2.46 bits per heavy atom. The molecule has 5 nitrogen and oxygen atoms in total. The van der Waals surface area contributed by atoms with Gasteiger partial charge in [-0.2, -0.15) is 0 Å². The Morgan fingerprint density at radius 2 is 1.92 bits per heavy atom. The fraction of sp³-hybridized carbons (Fsp3) is 0.474. The van der Waals surface area contributed by atoms with Crippen LogP contribution in [0.2, 0.25) is 0 Å². The van der Waals surface area contributed by atoms with Crippen LogP contribution in [0.1, 0.15) is 48.7 Å². The van der Waals surface area contributed by atoms with Crippen LogP contribution in [0.15, 0.2) is 24.3 Å². The van der Waals surface area contributed by atoms with Crippen molar-refractivity contribution in [3.63, 3.8) is 0 Å². The summed E-state index contributed by atoms with van der Waals surface area (Å²) < 4.78 is 10.2. The average molecular weight is 333 g/mol. The monoisotopic (exact) mass is 333 g/mol. The summed E-state index contributed by atoms with van der Waals surface area (Å²) in [6, 6.07) is 5.30. The van der Waals surface area contributed by atoms with Crippen LogP contribution in [0.3, 0.4) is 0 Å². The second-order valence-electron chi connectivity index (χ2n) is 6.60. The van der Waals surface area contributed by atoms with Gasteiger partial charge in [-0.1, -0.05) is 12.1 Å². The van der Waals surface area contributed by atoms with Gasteiger partial charge in [0.25, 0.3) is 0 Å². The molecule has 1 aromatic carbocycles. The van der Waals surface area contributed by atoms with Gasteiger partial charge in [0.1, 0.15) is 6.61 Å². The molecule has 1 aromatic rings. The molecule has 0 atom stereocenters. The number of carbonyl (C=O) groups excluding carboxylic acids is 2. The minimum absolute atomic E-state index is 0.0161. The number of esters is 1. The van der Waals surface area contributed by atoms with Crippen molar-refractivity contribution in [2.45, 2.75) is 39.7 Å². The number of rotatable bonds is 7. The molecule has 0 spiro atoms. The molecule has 0 amide bonds. The number of hydrogen-bond donors (Lipinski definition) is 1. The maximum absolute atomic E-state index is 12.0. The molecule has 132 valence electrons. The molecule has 0 aliphatic carbocycles. The predicted octanol–water partition coefficient (Wildman–Crippen LogP) is 2.90. The first kappa shape index (κ1) is 20.1. The van der Waals surface area contributed by atoms with E-state index in [1.807, 2.05) is 33.8 Å². The highest BCUT2D eigenvalue weighted by molar-refractivity contribution is 5.91. The second-order valence-corrected chi connectivity index (χ2v) is 6.60. The Labute approximate surface area is 143 Å². The van der Waals surface area contributed by atoms with Crippen molar-refractivity contribution in [3.05, 3.63) is 41.0 Å². The van der Waals surface area contributed by atoms with Crippen LogP contribution < -0.4 is 5.73 Å². The molecule has 0 radical (unpaired) electrons. The maximum atomic E-state index is 12.0. The standard InChI is InChI=1S/C19H27NO4/c1-13-6-7-14(18(22)23-5)10-17(13)15(11-20)8-9-16(21)12-24-19(2,3)4/h6-8,10H,9,11-12,20H2,1-5H3/b15-8-. The van der Waals surface area contributed by atoms with Crippen molar-refractivity contribution in [1.82, 2.24) is 0 Å². The van der Waals surface area contributed by atoms with Gasteiger partial charge in [-0.15, -0.1) is 0 Å². The molecular weight excluding hydrogens is 306 g/mol. The number of methoxy groups -OCH3 is 1. The zero-order valence-corrected chi connectivity index (χ0v) is 15.1. The van der Waals surface area contributed by atoms with E-state index in [2.05, 4.69) is 0 Å². The molecule has 2 N–H and O–H groups in total. The van der Waals surface area contributed by atoms with E-state index in [0.29, 0.717) is 5.56 Å². The summed E-state index contributed by atoms with van der Waals surface area (Å²) in [6.07, 6.45) is 2.04. The number of benzene rings is 1. The average Bonchev–Trinajstić information content (AvgIpc) is 2.53. The van der Waals surface area contributed by atoms with Gasteiger partial charge in [-0.25, -0.2) is 4.79 Å². The van der Waals surface area contributed by atoms with E-state index >= 15 is 0 Å². The van der Waals surface area contributed by atoms with Crippen LogP contribution in [0.25, 0.3) is 5.57 Å². The number of hydrogen-bond acceptors (Lipinski definition) is 5. The molecule has 5 heteroatoms. The fourth-order valence-electron chi connectivity index (χ4n) is 2.11. The van der Waals surface area contributed by atoms with Crippen LogP contribution in [0.5, 0.6) is 0 Å². The molecule has 0 aliphatic heterocycles. The van der Waals surface area contributed by atoms with Gasteiger partial charge in [-0.3, -0.25) is 4.79 Å². The Morgan fingerprint density at radius 1 is 1.25 bits per heavy atom. The van der Waals surface area contributed by atoms with Gasteiger partial charge in [0, 0.05) is 13.0 Å². The Balaban J connectivity index is 2.92. The van der Waals surface area contributed by atoms with Crippen molar-refractivity contribution < 1.29 is 19.1 Å². The largest absolute Gasteiger partial charge is 0.465 e. The third-order valence-electron chi connectivity index (χ3n) is 3.47. The lowest BCUT2D eigenvalue weighted by molar-refractivity contribution is -0.127. The van der Waals surface area contributed by atoms with Crippen molar-refractivity contribution in [3.8, 4) is 0 Å². The first-order chi connectivity index (χ1) is 11.2. The van der Waals surface area contributed by atoms with E-state index in [1.165, 1.54) is 7.11 Å². The lowest BCUT2D eigenvalue weighted by Crippen LogP contribution is -2.23. The molecule has 0 saturated carbocycles. The van der Waals surface area contributed by atoms with E-state index in [4.69, 9.17) is 15.2 Å². The zero-order valence-electron chi connectivity index (χ0n) is 15.1. The Hall–Kier alpha value is -1.98. The van der Waals surface area contributed by atoms with Gasteiger partial charge in [0.05, 0.1) is 18.3 Å². The third-order valence-corrected chi connectivity index (χ3v) is 3.47. The summed E-state index contributed by atoms with van der Waals surface area (Å²) >= 11 is 0. The number of ketones is 1. The summed E-state index contributed by atoms with van der Waals surface area (Å²) in [5.41, 5.74) is 8.60. The number of allylic oxidation sites excluding steroid dienone is 1. The zero-order chi connectivity index (χ0) is 18.3. The first-order valence-corrected chi connectivity index (χ1v) is 7.92. The number of ether oxygens (including phenoxy) is 2. The van der Waals surface area contributed by atoms with Gasteiger partial charge in [-0.05, 0) is 56.5 Å². The lowest BCUT2D eigenvalue weighted by atomic mass is 9.97. The molecule has 0 fully saturated rings. The highest BCUT2D eigenvalue weighted by Crippen LogP contribution is 2.21. The first-order valence-electron chi connectivity index (χ1n) is 7.92. The van der Waals surface area contributed by atoms with E-state index in [-0.39, 0.29) is 31.0 Å². The molecule has 0 aromatic heterocycles. The number of aryl methyl sites for hydroxylation is 1. The number of Topliss-reactive ketones (excluding diaryl/α,β-unsaturated/α-hetero) is 1. The topological polar surface area (TPSA) is 78.6 Å². The van der Waals surface area contributed by atoms with Gasteiger partial charge >= 0.3 is 5.97 Å². The van der Waals surface area contributed by atoms with Crippen molar-refractivity contribution in [1.29, 1.82) is 0 Å². The molecular formula is C19H27NO4. The molecule has 0 heterocycles. The summed E-state index contributed by atoms with van der Waals surface area (Å²) in [5.74, 6) is -0.417. The molecule has 0 saturated heterocycles. The number of carbonyl (C=O) groups is 2. The quantitative estimate of drug-likeness (QED) is 0.776. The fourth-order valence-corrected chi connectivity index (χ4v) is 2.11. The molecule has 0 aliphatic rings. The lowest BCUT2D eigenvalue weighted by Gasteiger charge is -2.18. The normalized spacial score (nSPS) is 12.2. The molecule has 1 rings (SSSR count). The highest BCUT2D eigenvalue weighted by atomic mass is 16.5. The summed E-state index contributed by atoms with van der Waals surface area (Å²) in [6.45, 7) is 8.00. The number of nitrogens with two attached hydrogens (primary N) is 1. The SMILES string of the molecule is COC(=O)c1ccc(C)c(/C(=C\CC(=O)COC(C)(C)C)CN)c1. The third kappa shape index (κ3) is 6.26. The van der Waals surface area contributed by atoms with Crippen LogP contribution >= 0.6 is 0 Å². The van der Waals surface area contributed by atoms with Crippen molar-refractivity contribution >= 4 is 17.3 Å². The van der Waals surface area contributed by atoms with Gasteiger partial charge in [0.2, 0.25) is 0 Å². The predicted molar refractivity (Wildman–Crippen MR) is 94.9 cm³/mol. The minimum atomic E-state index is -0.401. The summed E-state index contributed by atoms with van der Waals surface area (Å²) in [5, 5.41) is 0. The van der Waals surface area contributed by atoms with E-state index < -0.39 is 5.97 Å². The van der Waals surface area contributed by atoms with Crippen LogP contribution in [-0.4, -0.2) is 37.6 Å². The van der Waals surface area contributed by atoms with E-state index in [1.54, 1.807) is 18.2 Å². The maximum Gasteiger partial charge on any atom is 0.337 e. The van der Waals surface area contributed by atoms with Crippen LogP contribution in [0, 0.1) is 6.92 Å². The molecule has 0 bridgehead atoms. The Kier molecular flexibility index (Phi) is 7.32. The van der Waals surface area contributed by atoms with E-state index in [9.17, 15) is 9.59 Å². The van der Waals surface area contributed by atoms with Crippen LogP contribution in [-0.2, 0) is 14.3 Å². The smallest absolute Gasteiger partial charge is 0.337 e. The van der Waals surface area contributed by atoms with Crippen molar-refractivity contribution in [2.24, 2.45) is 5.73 Å². The summed E-state index contributed by atoms with van der Waals surface area (Å²) in [4.78, 5) is 23.7.